The van der Waals surface area contributed by atoms with Crippen molar-refractivity contribution in [3.05, 3.63) is 54.2 Å². The maximum atomic E-state index is 11.6. The summed E-state index contributed by atoms with van der Waals surface area (Å²) in [6.45, 7) is 1.36. The summed E-state index contributed by atoms with van der Waals surface area (Å²) in [7, 11) is -3.35. The van der Waals surface area contributed by atoms with E-state index in [9.17, 15) is 8.42 Å². The van der Waals surface area contributed by atoms with Crippen LogP contribution in [0.2, 0.25) is 0 Å². The molecule has 27 heavy (non-hydrogen) atoms. The fourth-order valence-electron chi connectivity index (χ4n) is 3.53. The first kappa shape index (κ1) is 17.6. The molecule has 0 bridgehead atoms. The van der Waals surface area contributed by atoms with Crippen LogP contribution in [0.1, 0.15) is 18.0 Å². The van der Waals surface area contributed by atoms with Crippen LogP contribution in [0.3, 0.4) is 0 Å². The molecule has 0 amide bonds. The number of hydrogen-bond acceptors (Lipinski definition) is 4. The largest absolute Gasteiger partial charge is 0.379 e. The summed E-state index contributed by atoms with van der Waals surface area (Å²) in [5, 5.41) is 10.1. The predicted molar refractivity (Wildman–Crippen MR) is 105 cm³/mol. The van der Waals surface area contributed by atoms with Gasteiger partial charge in [-0.15, -0.1) is 0 Å². The number of fused-ring (bicyclic) bond motifs is 1. The van der Waals surface area contributed by atoms with E-state index in [1.807, 2.05) is 24.3 Å². The van der Waals surface area contributed by atoms with Gasteiger partial charge in [0.2, 0.25) is 10.0 Å². The van der Waals surface area contributed by atoms with Gasteiger partial charge in [-0.2, -0.15) is 5.26 Å². The van der Waals surface area contributed by atoms with Crippen molar-refractivity contribution in [2.75, 3.05) is 24.2 Å². The highest BCUT2D eigenvalue weighted by molar-refractivity contribution is 7.92. The number of anilines is 1. The molecule has 1 N–H and O–H groups in total. The first-order valence-electron chi connectivity index (χ1n) is 8.65. The molecule has 1 aliphatic heterocycles. The number of nitrogens with zero attached hydrogens (tertiary/aromatic N) is 2. The van der Waals surface area contributed by atoms with Crippen molar-refractivity contribution in [2.24, 2.45) is 0 Å². The van der Waals surface area contributed by atoms with Crippen molar-refractivity contribution in [1.82, 2.24) is 4.57 Å². The van der Waals surface area contributed by atoms with Crippen molar-refractivity contribution >= 4 is 26.6 Å². The average Bonchev–Trinajstić information content (AvgIpc) is 3.27. The van der Waals surface area contributed by atoms with Gasteiger partial charge in [0, 0.05) is 23.8 Å². The van der Waals surface area contributed by atoms with Gasteiger partial charge in [-0.3, -0.25) is 4.72 Å². The second-order valence-corrected chi connectivity index (χ2v) is 8.51. The van der Waals surface area contributed by atoms with Crippen LogP contribution < -0.4 is 4.72 Å². The molecule has 1 atom stereocenters. The molecule has 2 heterocycles. The van der Waals surface area contributed by atoms with E-state index in [0.717, 1.165) is 41.3 Å². The zero-order valence-electron chi connectivity index (χ0n) is 14.8. The summed E-state index contributed by atoms with van der Waals surface area (Å²) < 4.78 is 33.5. The number of sulfonamides is 1. The van der Waals surface area contributed by atoms with Gasteiger partial charge in [-0.25, -0.2) is 8.42 Å². The van der Waals surface area contributed by atoms with Crippen LogP contribution in [0.5, 0.6) is 0 Å². The van der Waals surface area contributed by atoms with E-state index in [2.05, 4.69) is 21.6 Å². The van der Waals surface area contributed by atoms with Gasteiger partial charge >= 0.3 is 0 Å². The Labute approximate surface area is 158 Å². The number of rotatable bonds is 4. The molecule has 6 nitrogen and oxygen atoms in total. The lowest BCUT2D eigenvalue weighted by Gasteiger charge is -2.12. The van der Waals surface area contributed by atoms with Crippen molar-refractivity contribution in [3.8, 4) is 17.2 Å². The van der Waals surface area contributed by atoms with E-state index in [1.54, 1.807) is 18.2 Å². The van der Waals surface area contributed by atoms with Crippen LogP contribution in [0, 0.1) is 11.3 Å². The van der Waals surface area contributed by atoms with E-state index in [-0.39, 0.29) is 6.04 Å². The van der Waals surface area contributed by atoms with Gasteiger partial charge in [0.05, 0.1) is 41.7 Å². The normalized spacial score (nSPS) is 17.1. The Kier molecular flexibility index (Phi) is 4.38. The molecule has 2 aromatic carbocycles. The van der Waals surface area contributed by atoms with Gasteiger partial charge in [-0.05, 0) is 36.2 Å². The molecule has 0 unspecified atom stereocenters. The van der Waals surface area contributed by atoms with Gasteiger partial charge < -0.3 is 9.30 Å². The Morgan fingerprint density at radius 3 is 2.63 bits per heavy atom. The minimum Gasteiger partial charge on any atom is -0.379 e. The highest BCUT2D eigenvalue weighted by Gasteiger charge is 2.21. The number of ether oxygens (including phenoxy) is 1. The quantitative estimate of drug-likeness (QED) is 0.749. The molecule has 1 aromatic heterocycles. The molecule has 0 spiro atoms. The minimum atomic E-state index is -3.35. The fourth-order valence-corrected chi connectivity index (χ4v) is 4.08. The molecule has 4 rings (SSSR count). The Morgan fingerprint density at radius 1 is 1.22 bits per heavy atom. The third-order valence-corrected chi connectivity index (χ3v) is 5.37. The molecule has 0 aliphatic carbocycles. The zero-order valence-corrected chi connectivity index (χ0v) is 15.7. The van der Waals surface area contributed by atoms with E-state index in [1.165, 1.54) is 0 Å². The number of nitrogens with one attached hydrogen (secondary N) is 1. The highest BCUT2D eigenvalue weighted by atomic mass is 32.2. The Bertz CT molecular complexity index is 1140. The Hall–Kier alpha value is -2.82. The summed E-state index contributed by atoms with van der Waals surface area (Å²) >= 11 is 0. The van der Waals surface area contributed by atoms with Crippen LogP contribution in [0.25, 0.3) is 22.0 Å². The molecular formula is C20H19N3O3S. The number of nitriles is 1. The maximum Gasteiger partial charge on any atom is 0.229 e. The number of benzene rings is 2. The average molecular weight is 381 g/mol. The lowest BCUT2D eigenvalue weighted by molar-refractivity contribution is 0.187. The Balaban J connectivity index is 1.87. The standard InChI is InChI=1S/C20H19N3O3S/c1-27(24,25)22-16-6-7-18-19(15-4-2-14(11-21)3-5-15)12-23(20(18)10-16)17-8-9-26-13-17/h2-7,10,12,17,22H,8-9,13H2,1H3/t17-/m1/s1. The third-order valence-electron chi connectivity index (χ3n) is 4.76. The zero-order chi connectivity index (χ0) is 19.0. The molecular weight excluding hydrogens is 362 g/mol. The van der Waals surface area contributed by atoms with E-state index in [0.29, 0.717) is 17.9 Å². The maximum absolute atomic E-state index is 11.6. The van der Waals surface area contributed by atoms with Crippen molar-refractivity contribution < 1.29 is 13.2 Å². The first-order valence-corrected chi connectivity index (χ1v) is 10.5. The van der Waals surface area contributed by atoms with Crippen LogP contribution in [-0.4, -0.2) is 32.5 Å². The van der Waals surface area contributed by atoms with Crippen LogP contribution in [0.4, 0.5) is 5.69 Å². The topological polar surface area (TPSA) is 84.1 Å². The van der Waals surface area contributed by atoms with Gasteiger partial charge in [0.15, 0.2) is 0 Å². The molecule has 138 valence electrons. The van der Waals surface area contributed by atoms with Crippen LogP contribution in [-0.2, 0) is 14.8 Å². The fraction of sp³-hybridized carbons (Fsp3) is 0.250. The monoisotopic (exact) mass is 381 g/mol. The van der Waals surface area contributed by atoms with Crippen molar-refractivity contribution in [3.63, 3.8) is 0 Å². The molecule has 0 radical (unpaired) electrons. The molecule has 0 saturated carbocycles. The summed E-state index contributed by atoms with van der Waals surface area (Å²) in [5.74, 6) is 0. The minimum absolute atomic E-state index is 0.216. The van der Waals surface area contributed by atoms with Crippen LogP contribution >= 0.6 is 0 Å². The van der Waals surface area contributed by atoms with Crippen molar-refractivity contribution in [1.29, 1.82) is 5.26 Å². The molecule has 1 fully saturated rings. The summed E-state index contributed by atoms with van der Waals surface area (Å²) in [6.07, 6.45) is 4.15. The first-order chi connectivity index (χ1) is 12.9. The van der Waals surface area contributed by atoms with E-state index in [4.69, 9.17) is 10.00 Å². The number of hydrogen-bond donors (Lipinski definition) is 1. The summed E-state index contributed by atoms with van der Waals surface area (Å²) in [5.41, 5.74) is 4.17. The Morgan fingerprint density at radius 2 is 2.00 bits per heavy atom. The van der Waals surface area contributed by atoms with Gasteiger partial charge in [-0.1, -0.05) is 18.2 Å². The number of aromatic nitrogens is 1. The third kappa shape index (κ3) is 3.54. The molecule has 1 aliphatic rings. The second-order valence-electron chi connectivity index (χ2n) is 6.76. The van der Waals surface area contributed by atoms with Gasteiger partial charge in [0.25, 0.3) is 0 Å². The SMILES string of the molecule is CS(=O)(=O)Nc1ccc2c(-c3ccc(C#N)cc3)cn([C@@H]3CCOC3)c2c1. The predicted octanol–water partition coefficient (Wildman–Crippen LogP) is 3.51. The molecule has 1 saturated heterocycles. The highest BCUT2D eigenvalue weighted by Crippen LogP contribution is 2.36. The lowest BCUT2D eigenvalue weighted by atomic mass is 10.0. The summed E-state index contributed by atoms with van der Waals surface area (Å²) in [4.78, 5) is 0. The van der Waals surface area contributed by atoms with Crippen molar-refractivity contribution in [2.45, 2.75) is 12.5 Å². The smallest absolute Gasteiger partial charge is 0.229 e. The van der Waals surface area contributed by atoms with E-state index >= 15 is 0 Å². The lowest BCUT2D eigenvalue weighted by Crippen LogP contribution is -2.10. The second kappa shape index (κ2) is 6.72. The molecule has 3 aromatic rings. The molecule has 7 heteroatoms. The van der Waals surface area contributed by atoms with E-state index < -0.39 is 10.0 Å². The summed E-state index contributed by atoms with van der Waals surface area (Å²) in [6, 6.07) is 15.4. The van der Waals surface area contributed by atoms with Gasteiger partial charge in [0.1, 0.15) is 0 Å². The van der Waals surface area contributed by atoms with Crippen LogP contribution in [0.15, 0.2) is 48.7 Å².